The first kappa shape index (κ1) is 38.1. The normalized spacial score (nSPS) is 10.7. The van der Waals surface area contributed by atoms with Crippen molar-refractivity contribution in [2.24, 2.45) is 0 Å². The second-order valence-corrected chi connectivity index (χ2v) is 12.9. The Morgan fingerprint density at radius 3 is 1.47 bits per heavy atom. The van der Waals surface area contributed by atoms with E-state index in [-0.39, 0.29) is 39.6 Å². The monoisotopic (exact) mass is 750 g/mol. The summed E-state index contributed by atoms with van der Waals surface area (Å²) in [5.74, 6) is -0.453. The quantitative estimate of drug-likeness (QED) is 0.132. The van der Waals surface area contributed by atoms with E-state index >= 15 is 0 Å². The highest BCUT2D eigenvalue weighted by Crippen LogP contribution is 2.32. The standard InChI is InChI=1S/C24H21N3O2.C20H18ClN3O2/c1-3-27-24(29)23(25-20-15-9-13-17-10-7-8-14-19(17)20)21(16(2)28)22(26-27)18-11-5-4-6-12-18;1-3-24-20(26)19(22-16-12-8-7-11-15(16)21)17(13(2)25)18(23-24)14-9-5-4-6-10-14/h4-15,25H,3H2,1-2H3;4-12,22H,3H2,1-2H3. The van der Waals surface area contributed by atoms with Gasteiger partial charge in [0.2, 0.25) is 0 Å². The molecule has 0 radical (unpaired) electrons. The number of aromatic nitrogens is 4. The van der Waals surface area contributed by atoms with E-state index in [1.54, 1.807) is 24.3 Å². The third-order valence-corrected chi connectivity index (χ3v) is 9.22. The van der Waals surface area contributed by atoms with Gasteiger partial charge in [-0.2, -0.15) is 10.2 Å². The van der Waals surface area contributed by atoms with Crippen LogP contribution in [0.2, 0.25) is 5.02 Å². The third kappa shape index (κ3) is 8.14. The molecule has 0 spiro atoms. The second-order valence-electron chi connectivity index (χ2n) is 12.5. The summed E-state index contributed by atoms with van der Waals surface area (Å²) in [7, 11) is 0. The maximum absolute atomic E-state index is 13.1. The Morgan fingerprint density at radius 1 is 0.564 bits per heavy atom. The van der Waals surface area contributed by atoms with Crippen molar-refractivity contribution in [3.8, 4) is 22.5 Å². The Balaban J connectivity index is 0.000000188. The summed E-state index contributed by atoms with van der Waals surface area (Å²) in [5, 5.41) is 17.7. The van der Waals surface area contributed by atoms with Gasteiger partial charge < -0.3 is 10.6 Å². The fraction of sp³-hybridized carbons (Fsp3) is 0.136. The smallest absolute Gasteiger partial charge is 0.291 e. The summed E-state index contributed by atoms with van der Waals surface area (Å²) in [6, 6.07) is 39.6. The number of benzene rings is 5. The maximum atomic E-state index is 13.1. The van der Waals surface area contributed by atoms with E-state index in [4.69, 9.17) is 11.6 Å². The van der Waals surface area contributed by atoms with Crippen molar-refractivity contribution in [1.82, 2.24) is 19.6 Å². The number of ketones is 2. The number of Topliss-reactive ketones (excluding diaryl/α,β-unsaturated/α-hetero) is 2. The number of halogens is 1. The van der Waals surface area contributed by atoms with Gasteiger partial charge in [-0.25, -0.2) is 9.36 Å². The lowest BCUT2D eigenvalue weighted by atomic mass is 10.0. The van der Waals surface area contributed by atoms with Gasteiger partial charge in [0.15, 0.2) is 11.6 Å². The first-order valence-corrected chi connectivity index (χ1v) is 18.2. The molecule has 0 atom stereocenters. The van der Waals surface area contributed by atoms with Gasteiger partial charge in [0.25, 0.3) is 11.1 Å². The number of para-hydroxylation sites is 1. The van der Waals surface area contributed by atoms with Gasteiger partial charge in [-0.1, -0.05) is 121 Å². The number of carbonyl (C=O) groups excluding carboxylic acids is 2. The highest BCUT2D eigenvalue weighted by Gasteiger charge is 2.24. The van der Waals surface area contributed by atoms with Crippen LogP contribution in [-0.2, 0) is 13.1 Å². The minimum absolute atomic E-state index is 0.182. The highest BCUT2D eigenvalue weighted by molar-refractivity contribution is 6.33. The van der Waals surface area contributed by atoms with Crippen LogP contribution >= 0.6 is 11.6 Å². The van der Waals surface area contributed by atoms with Crippen molar-refractivity contribution >= 4 is 56.7 Å². The van der Waals surface area contributed by atoms with Crippen LogP contribution in [-0.4, -0.2) is 31.1 Å². The van der Waals surface area contributed by atoms with Crippen molar-refractivity contribution in [3.63, 3.8) is 0 Å². The van der Waals surface area contributed by atoms with E-state index in [2.05, 4.69) is 20.8 Å². The predicted octanol–water partition coefficient (Wildman–Crippen LogP) is 9.56. The Kier molecular flexibility index (Phi) is 11.8. The lowest BCUT2D eigenvalue weighted by Crippen LogP contribution is -2.28. The summed E-state index contributed by atoms with van der Waals surface area (Å²) in [5.41, 5.74) is 4.18. The zero-order valence-electron chi connectivity index (χ0n) is 30.8. The molecule has 0 saturated heterocycles. The Bertz CT molecular complexity index is 2630. The molecule has 0 amide bonds. The number of anilines is 4. The molecule has 7 aromatic rings. The molecule has 0 aliphatic carbocycles. The summed E-state index contributed by atoms with van der Waals surface area (Å²) in [6.45, 7) is 7.37. The lowest BCUT2D eigenvalue weighted by molar-refractivity contribution is 0.101. The Morgan fingerprint density at radius 2 is 0.982 bits per heavy atom. The third-order valence-electron chi connectivity index (χ3n) is 8.89. The Hall–Kier alpha value is -6.65. The molecule has 10 nitrogen and oxygen atoms in total. The molecule has 0 fully saturated rings. The molecule has 2 N–H and O–H groups in total. The highest BCUT2D eigenvalue weighted by atomic mass is 35.5. The number of hydrogen-bond acceptors (Lipinski definition) is 8. The number of hydrogen-bond donors (Lipinski definition) is 2. The van der Waals surface area contributed by atoms with Gasteiger partial charge >= 0.3 is 0 Å². The number of nitrogens with zero attached hydrogens (tertiary/aromatic N) is 4. The van der Waals surface area contributed by atoms with E-state index in [1.807, 2.05) is 117 Å². The fourth-order valence-electron chi connectivity index (χ4n) is 6.25. The van der Waals surface area contributed by atoms with Crippen molar-refractivity contribution in [1.29, 1.82) is 0 Å². The van der Waals surface area contributed by atoms with Gasteiger partial charge in [0, 0.05) is 35.3 Å². The molecule has 11 heteroatoms. The zero-order chi connectivity index (χ0) is 39.1. The van der Waals surface area contributed by atoms with E-state index in [0.29, 0.717) is 40.8 Å². The van der Waals surface area contributed by atoms with Crippen LogP contribution in [0, 0.1) is 0 Å². The maximum Gasteiger partial charge on any atom is 0.291 e. The average Bonchev–Trinajstić information content (AvgIpc) is 3.20. The number of fused-ring (bicyclic) bond motifs is 1. The van der Waals surface area contributed by atoms with Crippen LogP contribution in [0.3, 0.4) is 0 Å². The SMILES string of the molecule is CCn1nc(-c2ccccc2)c(C(C)=O)c(Nc2cccc3ccccc23)c1=O.CCn1nc(-c2ccccc2)c(C(C)=O)c(Nc2ccccc2Cl)c1=O. The van der Waals surface area contributed by atoms with E-state index in [0.717, 1.165) is 27.6 Å². The molecule has 0 saturated carbocycles. The molecule has 2 aromatic heterocycles. The Labute approximate surface area is 323 Å². The molecule has 0 aliphatic heterocycles. The molecule has 5 aromatic carbocycles. The van der Waals surface area contributed by atoms with Gasteiger partial charge in [-0.15, -0.1) is 0 Å². The largest absolute Gasteiger partial charge is 0.350 e. The zero-order valence-corrected chi connectivity index (χ0v) is 31.6. The van der Waals surface area contributed by atoms with Gasteiger partial charge in [0.05, 0.1) is 21.8 Å². The second kappa shape index (κ2) is 17.0. The molecule has 0 aliphatic rings. The summed E-state index contributed by atoms with van der Waals surface area (Å²) < 4.78 is 2.73. The fourth-order valence-corrected chi connectivity index (χ4v) is 6.43. The van der Waals surface area contributed by atoms with E-state index in [9.17, 15) is 19.2 Å². The van der Waals surface area contributed by atoms with Crippen molar-refractivity contribution in [2.75, 3.05) is 10.6 Å². The van der Waals surface area contributed by atoms with E-state index in [1.165, 1.54) is 23.2 Å². The molecule has 276 valence electrons. The van der Waals surface area contributed by atoms with Gasteiger partial charge in [-0.3, -0.25) is 19.2 Å². The van der Waals surface area contributed by atoms with Crippen LogP contribution < -0.4 is 21.8 Å². The van der Waals surface area contributed by atoms with Crippen LogP contribution in [0.15, 0.2) is 137 Å². The molecule has 0 bridgehead atoms. The predicted molar refractivity (Wildman–Crippen MR) is 221 cm³/mol. The van der Waals surface area contributed by atoms with Crippen LogP contribution in [0.4, 0.5) is 22.7 Å². The molecule has 7 rings (SSSR count). The van der Waals surface area contributed by atoms with Gasteiger partial charge in [0.1, 0.15) is 22.8 Å². The molecular weight excluding hydrogens is 712 g/mol. The van der Waals surface area contributed by atoms with Crippen LogP contribution in [0.25, 0.3) is 33.3 Å². The molecule has 55 heavy (non-hydrogen) atoms. The topological polar surface area (TPSA) is 128 Å². The van der Waals surface area contributed by atoms with Gasteiger partial charge in [-0.05, 0) is 51.3 Å². The number of carbonyl (C=O) groups is 2. The number of aryl methyl sites for hydroxylation is 2. The molecule has 0 unspecified atom stereocenters. The van der Waals surface area contributed by atoms with Crippen LogP contribution in [0.5, 0.6) is 0 Å². The minimum Gasteiger partial charge on any atom is -0.350 e. The summed E-state index contributed by atoms with van der Waals surface area (Å²) >= 11 is 6.22. The first-order chi connectivity index (χ1) is 26.6. The number of rotatable bonds is 10. The van der Waals surface area contributed by atoms with Crippen molar-refractivity contribution in [2.45, 2.75) is 40.8 Å². The van der Waals surface area contributed by atoms with Crippen LogP contribution in [0.1, 0.15) is 48.4 Å². The molecule has 2 heterocycles. The molecular formula is C44H39ClN6O4. The first-order valence-electron chi connectivity index (χ1n) is 17.8. The minimum atomic E-state index is -0.364. The van der Waals surface area contributed by atoms with E-state index < -0.39 is 0 Å². The summed E-state index contributed by atoms with van der Waals surface area (Å²) in [6.07, 6.45) is 0. The van der Waals surface area contributed by atoms with Crippen molar-refractivity contribution < 1.29 is 9.59 Å². The summed E-state index contributed by atoms with van der Waals surface area (Å²) in [4.78, 5) is 51.1. The number of nitrogens with one attached hydrogen (secondary N) is 2. The van der Waals surface area contributed by atoms with Crippen molar-refractivity contribution in [3.05, 3.63) is 164 Å². The average molecular weight is 751 g/mol. The lowest BCUT2D eigenvalue weighted by Gasteiger charge is -2.17.